The van der Waals surface area contributed by atoms with Gasteiger partial charge in [-0.3, -0.25) is 9.97 Å². The summed E-state index contributed by atoms with van der Waals surface area (Å²) in [6, 6.07) is 1.66. The van der Waals surface area contributed by atoms with E-state index in [1.807, 2.05) is 6.07 Å². The highest BCUT2D eigenvalue weighted by molar-refractivity contribution is 5.03. The fourth-order valence-electron chi connectivity index (χ4n) is 0.705. The Morgan fingerprint density at radius 2 is 2.45 bits per heavy atom. The van der Waals surface area contributed by atoms with Crippen molar-refractivity contribution in [2.75, 3.05) is 0 Å². The fourth-order valence-corrected chi connectivity index (χ4v) is 0.705. The average Bonchev–Trinajstić information content (AvgIpc) is 2.07. The molecule has 0 radical (unpaired) electrons. The zero-order valence-corrected chi connectivity index (χ0v) is 5.94. The van der Waals surface area contributed by atoms with Gasteiger partial charge in [-0.1, -0.05) is 0 Å². The maximum Gasteiger partial charge on any atom is 0.0764 e. The Morgan fingerprint density at radius 1 is 1.64 bits per heavy atom. The van der Waals surface area contributed by atoms with Crippen molar-refractivity contribution in [3.8, 4) is 6.07 Å². The van der Waals surface area contributed by atoms with Crippen LogP contribution in [0.2, 0.25) is 0 Å². The summed E-state index contributed by atoms with van der Waals surface area (Å²) in [5.74, 6) is 0. The van der Waals surface area contributed by atoms with E-state index in [0.717, 1.165) is 0 Å². The molecule has 0 aliphatic rings. The van der Waals surface area contributed by atoms with Crippen LogP contribution in [0.1, 0.15) is 18.2 Å². The highest BCUT2D eigenvalue weighted by atomic mass is 14.8. The van der Waals surface area contributed by atoms with Crippen LogP contribution >= 0.6 is 0 Å². The minimum Gasteiger partial charge on any atom is -0.322 e. The summed E-state index contributed by atoms with van der Waals surface area (Å²) in [5, 5.41) is 8.32. The molecule has 0 aliphatic heterocycles. The molecule has 0 amide bonds. The zero-order chi connectivity index (χ0) is 8.10. The molecular weight excluding hydrogens is 140 g/mol. The van der Waals surface area contributed by atoms with Crippen LogP contribution in [0.25, 0.3) is 0 Å². The molecule has 2 N–H and O–H groups in total. The molecule has 0 saturated heterocycles. The third-order valence-corrected chi connectivity index (χ3v) is 1.27. The molecule has 4 nitrogen and oxygen atoms in total. The van der Waals surface area contributed by atoms with Crippen molar-refractivity contribution in [2.45, 2.75) is 12.5 Å². The largest absolute Gasteiger partial charge is 0.322 e. The second-order valence-corrected chi connectivity index (χ2v) is 2.10. The Morgan fingerprint density at radius 3 is 3.00 bits per heavy atom. The molecule has 1 aromatic rings. The summed E-state index contributed by atoms with van der Waals surface area (Å²) < 4.78 is 0. The van der Waals surface area contributed by atoms with Crippen molar-refractivity contribution < 1.29 is 0 Å². The Labute approximate surface area is 64.7 Å². The van der Waals surface area contributed by atoms with Gasteiger partial charge in [0.1, 0.15) is 0 Å². The number of nitrogens with zero attached hydrogens (tertiary/aromatic N) is 3. The van der Waals surface area contributed by atoms with Crippen molar-refractivity contribution in [1.82, 2.24) is 9.97 Å². The first-order valence-electron chi connectivity index (χ1n) is 3.23. The van der Waals surface area contributed by atoms with E-state index in [4.69, 9.17) is 11.0 Å². The molecule has 0 aromatic carbocycles. The third kappa shape index (κ3) is 1.99. The average molecular weight is 148 g/mol. The normalized spacial score (nSPS) is 12.0. The van der Waals surface area contributed by atoms with Crippen molar-refractivity contribution in [3.63, 3.8) is 0 Å². The third-order valence-electron chi connectivity index (χ3n) is 1.27. The molecule has 11 heavy (non-hydrogen) atoms. The molecule has 0 fully saturated rings. The molecular formula is C7H8N4. The Balaban J connectivity index is 2.70. The number of aromatic nitrogens is 2. The van der Waals surface area contributed by atoms with Gasteiger partial charge in [0.25, 0.3) is 0 Å². The van der Waals surface area contributed by atoms with E-state index in [1.165, 1.54) is 0 Å². The molecule has 1 aromatic heterocycles. The molecule has 56 valence electrons. The summed E-state index contributed by atoms with van der Waals surface area (Å²) in [5.41, 5.74) is 6.24. The van der Waals surface area contributed by atoms with Crippen LogP contribution in [0.15, 0.2) is 18.6 Å². The Kier molecular flexibility index (Phi) is 2.53. The predicted molar refractivity (Wildman–Crippen MR) is 39.2 cm³/mol. The van der Waals surface area contributed by atoms with E-state index in [0.29, 0.717) is 5.69 Å². The molecule has 0 bridgehead atoms. The second-order valence-electron chi connectivity index (χ2n) is 2.10. The van der Waals surface area contributed by atoms with Gasteiger partial charge in [0.2, 0.25) is 0 Å². The van der Waals surface area contributed by atoms with Gasteiger partial charge in [0, 0.05) is 18.6 Å². The zero-order valence-electron chi connectivity index (χ0n) is 5.94. The molecule has 4 heteroatoms. The van der Waals surface area contributed by atoms with Gasteiger partial charge in [-0.15, -0.1) is 0 Å². The maximum atomic E-state index is 8.32. The van der Waals surface area contributed by atoms with E-state index >= 15 is 0 Å². The lowest BCUT2D eigenvalue weighted by Gasteiger charge is -2.03. The number of hydrogen-bond donors (Lipinski definition) is 1. The summed E-state index contributed by atoms with van der Waals surface area (Å²) >= 11 is 0. The molecule has 1 atom stereocenters. The summed E-state index contributed by atoms with van der Waals surface area (Å²) in [4.78, 5) is 7.79. The van der Waals surface area contributed by atoms with Crippen LogP contribution in [-0.2, 0) is 0 Å². The fraction of sp³-hybridized carbons (Fsp3) is 0.286. The van der Waals surface area contributed by atoms with Gasteiger partial charge in [0.15, 0.2) is 0 Å². The van der Waals surface area contributed by atoms with Gasteiger partial charge in [-0.25, -0.2) is 0 Å². The summed E-state index contributed by atoms with van der Waals surface area (Å²) in [6.07, 6.45) is 4.98. The van der Waals surface area contributed by atoms with E-state index in [2.05, 4.69) is 9.97 Å². The van der Waals surface area contributed by atoms with Crippen LogP contribution in [0.5, 0.6) is 0 Å². The molecule has 0 saturated carbocycles. The molecule has 0 aliphatic carbocycles. The lowest BCUT2D eigenvalue weighted by molar-refractivity contribution is 0.714. The molecule has 0 spiro atoms. The standard InChI is InChI=1S/C7H8N4/c8-2-1-6(9)7-5-10-3-4-11-7/h3-6H,1,9H2/t6-/m0/s1. The van der Waals surface area contributed by atoms with Crippen molar-refractivity contribution in [2.24, 2.45) is 5.73 Å². The highest BCUT2D eigenvalue weighted by Crippen LogP contribution is 2.06. The van der Waals surface area contributed by atoms with Gasteiger partial charge in [0.05, 0.1) is 24.2 Å². The lowest BCUT2D eigenvalue weighted by Crippen LogP contribution is -2.11. The predicted octanol–water partition coefficient (Wildman–Crippen LogP) is 0.390. The minimum atomic E-state index is -0.311. The van der Waals surface area contributed by atoms with Crippen LogP contribution in [0.3, 0.4) is 0 Å². The molecule has 1 rings (SSSR count). The number of hydrogen-bond acceptors (Lipinski definition) is 4. The molecule has 0 unspecified atom stereocenters. The number of nitrogens with two attached hydrogens (primary N) is 1. The van der Waals surface area contributed by atoms with Crippen molar-refractivity contribution in [3.05, 3.63) is 24.3 Å². The number of rotatable bonds is 2. The SMILES string of the molecule is N#CC[C@H](N)c1cnccn1. The second kappa shape index (κ2) is 3.64. The van der Waals surface area contributed by atoms with E-state index in [-0.39, 0.29) is 12.5 Å². The first-order chi connectivity index (χ1) is 5.34. The maximum absolute atomic E-state index is 8.32. The lowest BCUT2D eigenvalue weighted by atomic mass is 10.2. The van der Waals surface area contributed by atoms with Gasteiger partial charge < -0.3 is 5.73 Å². The van der Waals surface area contributed by atoms with Gasteiger partial charge in [-0.05, 0) is 0 Å². The Hall–Kier alpha value is -1.47. The summed E-state index contributed by atoms with van der Waals surface area (Å²) in [6.45, 7) is 0. The van der Waals surface area contributed by atoms with Crippen LogP contribution in [0, 0.1) is 11.3 Å². The van der Waals surface area contributed by atoms with Gasteiger partial charge >= 0.3 is 0 Å². The van der Waals surface area contributed by atoms with Crippen molar-refractivity contribution >= 4 is 0 Å². The number of nitriles is 1. The van der Waals surface area contributed by atoms with E-state index in [9.17, 15) is 0 Å². The first-order valence-corrected chi connectivity index (χ1v) is 3.23. The minimum absolute atomic E-state index is 0.276. The van der Waals surface area contributed by atoms with E-state index < -0.39 is 0 Å². The highest BCUT2D eigenvalue weighted by Gasteiger charge is 2.04. The Bertz CT molecular complexity index is 251. The molecule has 1 heterocycles. The van der Waals surface area contributed by atoms with Crippen LogP contribution in [0.4, 0.5) is 0 Å². The van der Waals surface area contributed by atoms with Gasteiger partial charge in [-0.2, -0.15) is 5.26 Å². The summed E-state index contributed by atoms with van der Waals surface area (Å²) in [7, 11) is 0. The topological polar surface area (TPSA) is 75.6 Å². The van der Waals surface area contributed by atoms with Crippen molar-refractivity contribution in [1.29, 1.82) is 5.26 Å². The van der Waals surface area contributed by atoms with Crippen LogP contribution < -0.4 is 5.73 Å². The monoisotopic (exact) mass is 148 g/mol. The smallest absolute Gasteiger partial charge is 0.0764 e. The first kappa shape index (κ1) is 7.63. The van der Waals surface area contributed by atoms with Crippen LogP contribution in [-0.4, -0.2) is 9.97 Å². The quantitative estimate of drug-likeness (QED) is 0.658. The van der Waals surface area contributed by atoms with E-state index in [1.54, 1.807) is 18.6 Å².